The largest absolute Gasteiger partial charge is 0.478 e. The normalized spacial score (nSPS) is 14.0. The van der Waals surface area contributed by atoms with E-state index < -0.39 is 16.8 Å². The van der Waals surface area contributed by atoms with E-state index in [0.29, 0.717) is 11.6 Å². The Hall–Kier alpha value is -3.53. The standard InChI is InChI=1S/C22H24N4O5S/c1-14-8-10-25(11-9-14)19-7-6-17(26(30)31)12-18(19)20(27)24-22(32)23-13-15-2-4-16(5-3-15)21(28)29/h2-7,12,14H,8-11,13H2,1H3,(H,28,29)(H2,23,24,27,32). The fourth-order valence-corrected chi connectivity index (χ4v) is 3.67. The third kappa shape index (κ3) is 5.79. The predicted molar refractivity (Wildman–Crippen MR) is 124 cm³/mol. The minimum absolute atomic E-state index is 0.0713. The molecule has 168 valence electrons. The zero-order valence-electron chi connectivity index (χ0n) is 17.5. The van der Waals surface area contributed by atoms with E-state index in [9.17, 15) is 19.7 Å². The summed E-state index contributed by atoms with van der Waals surface area (Å²) in [5, 5.41) is 25.7. The number of anilines is 1. The van der Waals surface area contributed by atoms with Gasteiger partial charge in [-0.2, -0.15) is 0 Å². The molecule has 3 rings (SSSR count). The van der Waals surface area contributed by atoms with Gasteiger partial charge in [0.05, 0.1) is 21.7 Å². The van der Waals surface area contributed by atoms with Crippen molar-refractivity contribution in [2.45, 2.75) is 26.3 Å². The van der Waals surface area contributed by atoms with Gasteiger partial charge in [-0.1, -0.05) is 19.1 Å². The van der Waals surface area contributed by atoms with Gasteiger partial charge in [0.2, 0.25) is 0 Å². The smallest absolute Gasteiger partial charge is 0.335 e. The van der Waals surface area contributed by atoms with Gasteiger partial charge in [0.25, 0.3) is 11.6 Å². The summed E-state index contributed by atoms with van der Waals surface area (Å²) in [4.78, 5) is 36.6. The number of thiocarbonyl (C=S) groups is 1. The Bertz CT molecular complexity index is 1030. The third-order valence-electron chi connectivity index (χ3n) is 5.44. The van der Waals surface area contributed by atoms with Crippen LogP contribution in [0, 0.1) is 16.0 Å². The summed E-state index contributed by atoms with van der Waals surface area (Å²) in [5.41, 5.74) is 1.64. The van der Waals surface area contributed by atoms with Gasteiger partial charge in [0.15, 0.2) is 5.11 Å². The third-order valence-corrected chi connectivity index (χ3v) is 5.69. The Morgan fingerprint density at radius 3 is 2.44 bits per heavy atom. The summed E-state index contributed by atoms with van der Waals surface area (Å²) in [6, 6.07) is 10.6. The van der Waals surface area contributed by atoms with Crippen molar-refractivity contribution in [3.63, 3.8) is 0 Å². The number of carbonyl (C=O) groups is 2. The number of nitrogens with one attached hydrogen (secondary N) is 2. The minimum atomic E-state index is -1.01. The lowest BCUT2D eigenvalue weighted by molar-refractivity contribution is -0.384. The summed E-state index contributed by atoms with van der Waals surface area (Å²) < 4.78 is 0. The Morgan fingerprint density at radius 1 is 1.19 bits per heavy atom. The molecule has 0 radical (unpaired) electrons. The van der Waals surface area contributed by atoms with Crippen molar-refractivity contribution in [2.24, 2.45) is 5.92 Å². The topological polar surface area (TPSA) is 125 Å². The molecule has 0 bridgehead atoms. The quantitative estimate of drug-likeness (QED) is 0.343. The first-order valence-corrected chi connectivity index (χ1v) is 10.6. The zero-order chi connectivity index (χ0) is 23.3. The Labute approximate surface area is 190 Å². The lowest BCUT2D eigenvalue weighted by atomic mass is 9.98. The van der Waals surface area contributed by atoms with E-state index in [2.05, 4.69) is 22.5 Å². The van der Waals surface area contributed by atoms with Crippen molar-refractivity contribution in [1.82, 2.24) is 10.6 Å². The van der Waals surface area contributed by atoms with Crippen LogP contribution >= 0.6 is 12.2 Å². The van der Waals surface area contributed by atoms with Crippen LogP contribution in [0.2, 0.25) is 0 Å². The number of carboxylic acids is 1. The maximum Gasteiger partial charge on any atom is 0.335 e. The second-order valence-electron chi connectivity index (χ2n) is 7.77. The number of hydrogen-bond donors (Lipinski definition) is 3. The summed E-state index contributed by atoms with van der Waals surface area (Å²) in [7, 11) is 0. The molecule has 0 unspecified atom stereocenters. The summed E-state index contributed by atoms with van der Waals surface area (Å²) in [5.74, 6) is -0.938. The first-order valence-electron chi connectivity index (χ1n) is 10.2. The second kappa shape index (κ2) is 10.2. The fraction of sp³-hybridized carbons (Fsp3) is 0.318. The molecule has 10 heteroatoms. The Balaban J connectivity index is 1.69. The van der Waals surface area contributed by atoms with E-state index in [1.807, 2.05) is 0 Å². The number of nitro benzene ring substituents is 1. The Kier molecular flexibility index (Phi) is 7.37. The monoisotopic (exact) mass is 456 g/mol. The van der Waals surface area contributed by atoms with Crippen molar-refractivity contribution in [2.75, 3.05) is 18.0 Å². The molecular weight excluding hydrogens is 432 g/mol. The molecule has 1 amide bonds. The van der Waals surface area contributed by atoms with Crippen LogP contribution in [-0.2, 0) is 6.54 Å². The molecule has 1 heterocycles. The first kappa shape index (κ1) is 23.1. The number of aromatic carboxylic acids is 1. The highest BCUT2D eigenvalue weighted by Gasteiger charge is 2.24. The molecule has 1 saturated heterocycles. The van der Waals surface area contributed by atoms with Crippen molar-refractivity contribution in [3.8, 4) is 0 Å². The number of nitro groups is 1. The van der Waals surface area contributed by atoms with Gasteiger partial charge in [-0.15, -0.1) is 0 Å². The minimum Gasteiger partial charge on any atom is -0.478 e. The predicted octanol–water partition coefficient (Wildman–Crippen LogP) is 3.33. The van der Waals surface area contributed by atoms with E-state index in [4.69, 9.17) is 17.3 Å². The van der Waals surface area contributed by atoms with Crippen molar-refractivity contribution in [3.05, 3.63) is 69.3 Å². The molecule has 0 atom stereocenters. The molecule has 0 spiro atoms. The SMILES string of the molecule is CC1CCN(c2ccc([N+](=O)[O-])cc2C(=O)NC(=S)NCc2ccc(C(=O)O)cc2)CC1. The first-order chi connectivity index (χ1) is 15.2. The number of benzene rings is 2. The maximum atomic E-state index is 12.9. The number of amides is 1. The fourth-order valence-electron chi connectivity index (χ4n) is 3.51. The van der Waals surface area contributed by atoms with Crippen LogP contribution in [0.25, 0.3) is 0 Å². The van der Waals surface area contributed by atoms with Gasteiger partial charge >= 0.3 is 5.97 Å². The van der Waals surface area contributed by atoms with Crippen LogP contribution in [0.5, 0.6) is 0 Å². The van der Waals surface area contributed by atoms with Crippen LogP contribution < -0.4 is 15.5 Å². The average Bonchev–Trinajstić information content (AvgIpc) is 2.78. The van der Waals surface area contributed by atoms with Gasteiger partial charge in [-0.25, -0.2) is 4.79 Å². The molecule has 9 nitrogen and oxygen atoms in total. The van der Waals surface area contributed by atoms with E-state index in [-0.39, 0.29) is 28.5 Å². The Morgan fingerprint density at radius 2 is 1.84 bits per heavy atom. The number of nitrogens with zero attached hydrogens (tertiary/aromatic N) is 2. The molecular formula is C22H24N4O5S. The summed E-state index contributed by atoms with van der Waals surface area (Å²) >= 11 is 5.21. The van der Waals surface area contributed by atoms with E-state index in [1.165, 1.54) is 24.3 Å². The maximum absolute atomic E-state index is 12.9. The van der Waals surface area contributed by atoms with Crippen LogP contribution in [0.4, 0.5) is 11.4 Å². The van der Waals surface area contributed by atoms with Gasteiger partial charge in [0, 0.05) is 31.8 Å². The number of hydrogen-bond acceptors (Lipinski definition) is 6. The summed E-state index contributed by atoms with van der Waals surface area (Å²) in [6.45, 7) is 4.01. The van der Waals surface area contributed by atoms with Gasteiger partial charge in [0.1, 0.15) is 0 Å². The number of non-ortho nitro benzene ring substituents is 1. The van der Waals surface area contributed by atoms with Crippen LogP contribution in [0.15, 0.2) is 42.5 Å². The van der Waals surface area contributed by atoms with Crippen molar-refractivity contribution < 1.29 is 19.6 Å². The van der Waals surface area contributed by atoms with Crippen LogP contribution in [0.3, 0.4) is 0 Å². The molecule has 32 heavy (non-hydrogen) atoms. The zero-order valence-corrected chi connectivity index (χ0v) is 18.4. The average molecular weight is 457 g/mol. The highest BCUT2D eigenvalue weighted by Crippen LogP contribution is 2.29. The molecule has 3 N–H and O–H groups in total. The molecule has 1 fully saturated rings. The highest BCUT2D eigenvalue weighted by molar-refractivity contribution is 7.80. The van der Waals surface area contributed by atoms with Crippen molar-refractivity contribution >= 4 is 40.6 Å². The van der Waals surface area contributed by atoms with Crippen molar-refractivity contribution in [1.29, 1.82) is 0 Å². The van der Waals surface area contributed by atoms with Gasteiger partial charge < -0.3 is 15.3 Å². The van der Waals surface area contributed by atoms with Crippen LogP contribution in [-0.4, -0.2) is 40.1 Å². The molecule has 0 saturated carbocycles. The molecule has 1 aliphatic rings. The lowest BCUT2D eigenvalue weighted by Crippen LogP contribution is -2.40. The van der Waals surface area contributed by atoms with Crippen LogP contribution in [0.1, 0.15) is 46.0 Å². The van der Waals surface area contributed by atoms with E-state index in [0.717, 1.165) is 31.5 Å². The van der Waals surface area contributed by atoms with Gasteiger partial charge in [-0.05, 0) is 54.7 Å². The van der Waals surface area contributed by atoms with E-state index >= 15 is 0 Å². The highest BCUT2D eigenvalue weighted by atomic mass is 32.1. The second-order valence-corrected chi connectivity index (χ2v) is 8.18. The molecule has 0 aromatic heterocycles. The lowest BCUT2D eigenvalue weighted by Gasteiger charge is -2.33. The summed E-state index contributed by atoms with van der Waals surface area (Å²) in [6.07, 6.45) is 1.97. The molecule has 2 aromatic rings. The molecule has 1 aliphatic heterocycles. The van der Waals surface area contributed by atoms with Gasteiger partial charge in [-0.3, -0.25) is 20.2 Å². The van der Waals surface area contributed by atoms with E-state index in [1.54, 1.807) is 18.2 Å². The molecule has 0 aliphatic carbocycles. The number of piperidine rings is 1. The number of carboxylic acid groups (broad SMARTS) is 1. The number of rotatable bonds is 6. The molecule has 2 aromatic carbocycles. The number of carbonyl (C=O) groups excluding carboxylic acids is 1.